The van der Waals surface area contributed by atoms with E-state index in [0.29, 0.717) is 11.8 Å². The summed E-state index contributed by atoms with van der Waals surface area (Å²) in [5.74, 6) is -0.879. The summed E-state index contributed by atoms with van der Waals surface area (Å²) in [5, 5.41) is 9.25. The molecule has 0 fully saturated rings. The molecule has 0 spiro atoms. The molecule has 0 radical (unpaired) electrons. The molecule has 110 valence electrons. The zero-order valence-corrected chi connectivity index (χ0v) is 13.9. The highest BCUT2D eigenvalue weighted by Crippen LogP contribution is 2.39. The number of aldehydes is 1. The number of carbonyl (C=O) groups excluding carboxylic acids is 1. The molecule has 0 atom stereocenters. The number of hydrogen-bond donors (Lipinski definition) is 1. The van der Waals surface area contributed by atoms with Gasteiger partial charge in [0.1, 0.15) is 11.3 Å². The molecule has 0 saturated heterocycles. The first kappa shape index (κ1) is 16.4. The van der Waals surface area contributed by atoms with Crippen LogP contribution in [0.5, 0.6) is 5.75 Å². The molecule has 1 aromatic carbocycles. The topological polar surface area (TPSA) is 63.6 Å². The molecule has 0 aliphatic rings. The van der Waals surface area contributed by atoms with E-state index in [1.807, 2.05) is 13.1 Å². The summed E-state index contributed by atoms with van der Waals surface area (Å²) in [6, 6.07) is 3.19. The standard InChI is InChI=1S/C15H22O4Si/c1-10-7-11(9-16)13(12(8-10)14(17)18)19-20(5,6)15(2,3)4/h7-9H,1-6H3,(H,17,18). The van der Waals surface area contributed by atoms with Crippen molar-refractivity contribution >= 4 is 20.6 Å². The molecule has 0 amide bonds. The number of carboxylic acid groups (broad SMARTS) is 1. The van der Waals surface area contributed by atoms with E-state index >= 15 is 0 Å². The lowest BCUT2D eigenvalue weighted by molar-refractivity contribution is 0.0694. The summed E-state index contributed by atoms with van der Waals surface area (Å²) in [7, 11) is -2.21. The maximum absolute atomic E-state index is 11.4. The van der Waals surface area contributed by atoms with Crippen LogP contribution >= 0.6 is 0 Å². The summed E-state index contributed by atoms with van der Waals surface area (Å²) in [6.45, 7) is 12.0. The highest BCUT2D eigenvalue weighted by molar-refractivity contribution is 6.74. The van der Waals surface area contributed by atoms with Crippen molar-refractivity contribution in [3.8, 4) is 5.75 Å². The number of benzene rings is 1. The highest BCUT2D eigenvalue weighted by atomic mass is 28.4. The molecule has 0 aliphatic heterocycles. The first-order valence-electron chi connectivity index (χ1n) is 6.52. The summed E-state index contributed by atoms with van der Waals surface area (Å²) >= 11 is 0. The van der Waals surface area contributed by atoms with Crippen molar-refractivity contribution in [2.75, 3.05) is 0 Å². The van der Waals surface area contributed by atoms with Gasteiger partial charge in [-0.2, -0.15) is 0 Å². The van der Waals surface area contributed by atoms with Gasteiger partial charge in [0.05, 0.1) is 5.56 Å². The number of aryl methyl sites for hydroxylation is 1. The van der Waals surface area contributed by atoms with Crippen LogP contribution in [-0.2, 0) is 0 Å². The Bertz CT molecular complexity index is 542. The molecule has 1 N–H and O–H groups in total. The normalized spacial score (nSPS) is 12.1. The Morgan fingerprint density at radius 3 is 2.25 bits per heavy atom. The molecule has 5 heteroatoms. The van der Waals surface area contributed by atoms with E-state index in [2.05, 4.69) is 20.8 Å². The summed E-state index contributed by atoms with van der Waals surface area (Å²) in [4.78, 5) is 22.6. The molecule has 4 nitrogen and oxygen atoms in total. The third-order valence-corrected chi connectivity index (χ3v) is 8.11. The molecule has 0 bridgehead atoms. The van der Waals surface area contributed by atoms with E-state index in [1.165, 1.54) is 6.07 Å². The van der Waals surface area contributed by atoms with Crippen molar-refractivity contribution in [1.82, 2.24) is 0 Å². The minimum Gasteiger partial charge on any atom is -0.542 e. The molecule has 0 aliphatic carbocycles. The van der Waals surface area contributed by atoms with Gasteiger partial charge in [-0.1, -0.05) is 20.8 Å². The quantitative estimate of drug-likeness (QED) is 0.676. The number of hydrogen-bond acceptors (Lipinski definition) is 3. The van der Waals surface area contributed by atoms with Crippen molar-refractivity contribution in [1.29, 1.82) is 0 Å². The van der Waals surface area contributed by atoms with Gasteiger partial charge in [0, 0.05) is 0 Å². The average molecular weight is 294 g/mol. The minimum atomic E-state index is -2.21. The maximum atomic E-state index is 11.4. The predicted molar refractivity (Wildman–Crippen MR) is 81.4 cm³/mol. The zero-order chi connectivity index (χ0) is 15.7. The zero-order valence-electron chi connectivity index (χ0n) is 12.9. The lowest BCUT2D eigenvalue weighted by Gasteiger charge is -2.37. The van der Waals surface area contributed by atoms with Gasteiger partial charge in [-0.05, 0) is 42.8 Å². The van der Waals surface area contributed by atoms with Gasteiger partial charge >= 0.3 is 5.97 Å². The average Bonchev–Trinajstić information content (AvgIpc) is 2.28. The molecule has 0 heterocycles. The third kappa shape index (κ3) is 3.28. The van der Waals surface area contributed by atoms with Gasteiger partial charge in [0.15, 0.2) is 6.29 Å². The van der Waals surface area contributed by atoms with Crippen LogP contribution in [0.1, 0.15) is 47.1 Å². The predicted octanol–water partition coefficient (Wildman–Crippen LogP) is 3.89. The minimum absolute atomic E-state index is 0.0527. The van der Waals surface area contributed by atoms with Gasteiger partial charge < -0.3 is 9.53 Å². The fourth-order valence-electron chi connectivity index (χ4n) is 1.57. The number of rotatable bonds is 4. The van der Waals surface area contributed by atoms with E-state index in [0.717, 1.165) is 5.56 Å². The van der Waals surface area contributed by atoms with Gasteiger partial charge in [-0.15, -0.1) is 0 Å². The maximum Gasteiger partial charge on any atom is 0.339 e. The Morgan fingerprint density at radius 2 is 1.85 bits per heavy atom. The van der Waals surface area contributed by atoms with E-state index in [1.54, 1.807) is 13.0 Å². The summed E-state index contributed by atoms with van der Waals surface area (Å²) in [5.41, 5.74) is 1.08. The monoisotopic (exact) mass is 294 g/mol. The van der Waals surface area contributed by atoms with E-state index in [-0.39, 0.29) is 16.4 Å². The van der Waals surface area contributed by atoms with Crippen molar-refractivity contribution < 1.29 is 19.1 Å². The van der Waals surface area contributed by atoms with Crippen LogP contribution in [0.15, 0.2) is 12.1 Å². The largest absolute Gasteiger partial charge is 0.542 e. The number of aromatic carboxylic acids is 1. The lowest BCUT2D eigenvalue weighted by atomic mass is 10.1. The van der Waals surface area contributed by atoms with Crippen LogP contribution in [-0.4, -0.2) is 25.7 Å². The van der Waals surface area contributed by atoms with Gasteiger partial charge in [0.25, 0.3) is 8.32 Å². The number of carboxylic acids is 1. The van der Waals surface area contributed by atoms with Gasteiger partial charge in [0.2, 0.25) is 0 Å². The molecule has 0 unspecified atom stereocenters. The van der Waals surface area contributed by atoms with Crippen LogP contribution in [0.2, 0.25) is 18.1 Å². The fraction of sp³-hybridized carbons (Fsp3) is 0.467. The van der Waals surface area contributed by atoms with Crippen LogP contribution in [0, 0.1) is 6.92 Å². The Labute approximate surface area is 120 Å². The van der Waals surface area contributed by atoms with Crippen LogP contribution in [0.25, 0.3) is 0 Å². The second-order valence-corrected chi connectivity index (χ2v) is 11.2. The molecule has 20 heavy (non-hydrogen) atoms. The molecular weight excluding hydrogens is 272 g/mol. The smallest absolute Gasteiger partial charge is 0.339 e. The Morgan fingerprint density at radius 1 is 1.30 bits per heavy atom. The summed E-state index contributed by atoms with van der Waals surface area (Å²) < 4.78 is 6.06. The van der Waals surface area contributed by atoms with Crippen LogP contribution < -0.4 is 4.43 Å². The lowest BCUT2D eigenvalue weighted by Crippen LogP contribution is -2.44. The number of carbonyl (C=O) groups is 2. The van der Waals surface area contributed by atoms with Crippen molar-refractivity contribution in [2.24, 2.45) is 0 Å². The van der Waals surface area contributed by atoms with Crippen LogP contribution in [0.4, 0.5) is 0 Å². The summed E-state index contributed by atoms with van der Waals surface area (Å²) in [6.07, 6.45) is 0.655. The first-order chi connectivity index (χ1) is 8.99. The Hall–Kier alpha value is -1.62. The SMILES string of the molecule is Cc1cc(C=O)c(O[Si](C)(C)C(C)(C)C)c(C(=O)O)c1. The van der Waals surface area contributed by atoms with Crippen molar-refractivity contribution in [2.45, 2.75) is 45.8 Å². The van der Waals surface area contributed by atoms with Gasteiger partial charge in [-0.25, -0.2) is 4.79 Å². The Balaban J connectivity index is 3.44. The van der Waals surface area contributed by atoms with E-state index in [4.69, 9.17) is 4.43 Å². The highest BCUT2D eigenvalue weighted by Gasteiger charge is 2.40. The van der Waals surface area contributed by atoms with Crippen LogP contribution in [0.3, 0.4) is 0 Å². The second kappa shape index (κ2) is 5.40. The fourth-order valence-corrected chi connectivity index (χ4v) is 2.61. The van der Waals surface area contributed by atoms with E-state index in [9.17, 15) is 14.7 Å². The van der Waals surface area contributed by atoms with E-state index < -0.39 is 14.3 Å². The van der Waals surface area contributed by atoms with Crippen molar-refractivity contribution in [3.63, 3.8) is 0 Å². The molecule has 1 rings (SSSR count). The van der Waals surface area contributed by atoms with Crippen molar-refractivity contribution in [3.05, 3.63) is 28.8 Å². The van der Waals surface area contributed by atoms with Gasteiger partial charge in [-0.3, -0.25) is 4.79 Å². The molecule has 0 aromatic heterocycles. The molecule has 0 saturated carbocycles. The second-order valence-electron chi connectivity index (χ2n) is 6.52. The third-order valence-electron chi connectivity index (χ3n) is 3.78. The molecule has 1 aromatic rings. The first-order valence-corrected chi connectivity index (χ1v) is 9.42. The molecular formula is C15H22O4Si. The Kier molecular flexibility index (Phi) is 4.44.